The van der Waals surface area contributed by atoms with Crippen molar-refractivity contribution in [1.82, 2.24) is 4.90 Å². The van der Waals surface area contributed by atoms with E-state index in [-0.39, 0.29) is 62.8 Å². The number of likely N-dealkylation sites (tertiary alicyclic amines) is 2. The molecule has 54 heavy (non-hydrogen) atoms. The van der Waals surface area contributed by atoms with Gasteiger partial charge in [-0.05, 0) is 55.0 Å². The molecule has 9 unspecified atom stereocenters. The number of hydrogen-bond acceptors (Lipinski definition) is 9. The van der Waals surface area contributed by atoms with Crippen molar-refractivity contribution >= 4 is 23.4 Å². The largest absolute Gasteiger partial charge is 0.480 e. The molecular weight excluding hydrogens is 765 g/mol. The Morgan fingerprint density at radius 3 is 1.93 bits per heavy atom. The van der Waals surface area contributed by atoms with Crippen LogP contribution in [0.1, 0.15) is 81.5 Å². The Labute approximate surface area is 339 Å². The molecule has 2 spiro atoms. The van der Waals surface area contributed by atoms with Crippen LogP contribution in [-0.2, 0) is 66.0 Å². The maximum absolute atomic E-state index is 12.9. The first kappa shape index (κ1) is 37.7. The van der Waals surface area contributed by atoms with Crippen molar-refractivity contribution in [3.8, 4) is 11.5 Å². The summed E-state index contributed by atoms with van der Waals surface area (Å²) in [4.78, 5) is 51.8. The maximum atomic E-state index is 12.9. The zero-order valence-electron chi connectivity index (χ0n) is 30.6. The third-order valence-corrected chi connectivity index (χ3v) is 14.8. The van der Waals surface area contributed by atoms with Crippen LogP contribution < -0.4 is 20.9 Å². The normalized spacial score (nSPS) is 38.3. The Hall–Kier alpha value is -3.26. The summed E-state index contributed by atoms with van der Waals surface area (Å²) in [6.07, 6.45) is 6.35. The SMILES string of the molecule is C=CCN1CCC23c4c5ccc(C(N)=O)c4OC2C(=O)CCC3(O)C1C5.C=CC[N+]1(C)CCC23c4c5ccc(C(N)=O)c4OC2C(=O)CCC3(O)C1C5.[Y]. The molecule has 1 radical (unpaired) electrons. The average molecular weight is 813 g/mol. The summed E-state index contributed by atoms with van der Waals surface area (Å²) in [5.74, 6) is -0.270. The summed E-state index contributed by atoms with van der Waals surface area (Å²) in [6, 6.07) is 7.10. The van der Waals surface area contributed by atoms with Gasteiger partial charge < -0.3 is 35.6 Å². The number of carbonyl (C=O) groups excluding carboxylic acids is 4. The van der Waals surface area contributed by atoms with Gasteiger partial charge >= 0.3 is 0 Å². The number of amides is 2. The number of Topliss-reactive ketones (excluding diaryl/α,β-unsaturated/α-hetero) is 2. The number of primary amides is 2. The van der Waals surface area contributed by atoms with Gasteiger partial charge in [-0.15, -0.1) is 6.58 Å². The van der Waals surface area contributed by atoms with Crippen molar-refractivity contribution < 1.29 is 76.1 Å². The van der Waals surface area contributed by atoms with Gasteiger partial charge in [0.1, 0.15) is 23.1 Å². The van der Waals surface area contributed by atoms with E-state index < -0.39 is 46.1 Å². The van der Waals surface area contributed by atoms with Gasteiger partial charge in [-0.3, -0.25) is 24.1 Å². The minimum Gasteiger partial charge on any atom is -0.480 e. The molecule has 4 heterocycles. The number of ether oxygens (including phenoxy) is 2. The molecule has 281 valence electrons. The second-order valence-corrected chi connectivity index (χ2v) is 16.8. The molecule has 2 amide bonds. The molecule has 4 aliphatic heterocycles. The van der Waals surface area contributed by atoms with Crippen LogP contribution in [0.3, 0.4) is 0 Å². The van der Waals surface area contributed by atoms with Crippen LogP contribution in [-0.4, -0.2) is 112 Å². The Kier molecular flexibility index (Phi) is 8.63. The molecule has 4 bridgehead atoms. The van der Waals surface area contributed by atoms with E-state index in [9.17, 15) is 29.4 Å². The fraction of sp³-hybridized carbons (Fsp3) is 0.512. The molecular formula is C41H47N4O8Y+. The molecule has 2 aromatic carbocycles. The second kappa shape index (κ2) is 12.4. The van der Waals surface area contributed by atoms with Gasteiger partial charge in [0.15, 0.2) is 23.8 Å². The molecule has 10 rings (SSSR count). The van der Waals surface area contributed by atoms with E-state index in [1.165, 1.54) is 0 Å². The summed E-state index contributed by atoms with van der Waals surface area (Å²) in [5.41, 5.74) is 11.9. The van der Waals surface area contributed by atoms with Crippen molar-refractivity contribution in [3.63, 3.8) is 0 Å². The number of rotatable bonds is 6. The van der Waals surface area contributed by atoms with Crippen molar-refractivity contribution in [2.24, 2.45) is 11.5 Å². The van der Waals surface area contributed by atoms with Crippen LogP contribution in [0.5, 0.6) is 11.5 Å². The third-order valence-electron chi connectivity index (χ3n) is 14.8. The van der Waals surface area contributed by atoms with Gasteiger partial charge in [0.25, 0.3) is 11.8 Å². The molecule has 6 N–H and O–H groups in total. The van der Waals surface area contributed by atoms with Crippen molar-refractivity contribution in [1.29, 1.82) is 0 Å². The molecule has 2 saturated heterocycles. The Balaban J connectivity index is 0.000000150. The first-order chi connectivity index (χ1) is 25.2. The van der Waals surface area contributed by atoms with Crippen LogP contribution in [0.2, 0.25) is 0 Å². The predicted octanol–water partition coefficient (Wildman–Crippen LogP) is 1.53. The molecule has 0 aromatic heterocycles. The van der Waals surface area contributed by atoms with Crippen LogP contribution in [0.4, 0.5) is 0 Å². The van der Waals surface area contributed by atoms with Gasteiger partial charge in [-0.2, -0.15) is 0 Å². The minimum absolute atomic E-state index is 0. The standard InChI is InChI=1S/C21H24N2O4.C20H22N2O4.Y/c1-3-9-23(2)10-8-20-16-12-4-5-13(19(22)25)17(16)27-18(20)14(24)6-7-21(20,26)15(23)11-12;1-2-8-22-9-7-19-15-11-3-4-12(18(21)24)16(15)26-17(19)13(23)5-6-20(19,25)14(22)10-11;/h3-5,15,18,26H,1,6-11H2,2H3,(H-,22,25);2-4,14,17,25H,1,5-10H2,(H2,21,24);/p+1. The Morgan fingerprint density at radius 1 is 0.852 bits per heavy atom. The first-order valence-electron chi connectivity index (χ1n) is 18.8. The molecule has 4 aliphatic carbocycles. The Morgan fingerprint density at radius 2 is 1.39 bits per heavy atom. The average Bonchev–Trinajstić information content (AvgIpc) is 3.66. The number of nitrogens with zero attached hydrogens (tertiary/aromatic N) is 2. The van der Waals surface area contributed by atoms with E-state index in [2.05, 4.69) is 25.1 Å². The molecule has 2 aromatic rings. The van der Waals surface area contributed by atoms with Crippen LogP contribution >= 0.6 is 0 Å². The van der Waals surface area contributed by atoms with Crippen molar-refractivity contribution in [2.75, 3.05) is 33.2 Å². The number of ketones is 2. The smallest absolute Gasteiger partial charge is 0.252 e. The zero-order valence-corrected chi connectivity index (χ0v) is 33.5. The quantitative estimate of drug-likeness (QED) is 0.249. The summed E-state index contributed by atoms with van der Waals surface area (Å²) in [6.45, 7) is 10.8. The monoisotopic (exact) mass is 812 g/mol. The number of nitrogens with two attached hydrogens (primary N) is 2. The van der Waals surface area contributed by atoms with Crippen LogP contribution in [0.15, 0.2) is 49.6 Å². The van der Waals surface area contributed by atoms with Crippen molar-refractivity contribution in [2.45, 2.75) is 97.7 Å². The summed E-state index contributed by atoms with van der Waals surface area (Å²) in [5, 5.41) is 24.1. The molecule has 13 heteroatoms. The molecule has 12 nitrogen and oxygen atoms in total. The number of hydrogen-bond donors (Lipinski definition) is 4. The number of benzene rings is 2. The summed E-state index contributed by atoms with van der Waals surface area (Å²) < 4.78 is 12.9. The number of likely N-dealkylation sites (N-methyl/N-ethyl adjacent to an activating group) is 1. The van der Waals surface area contributed by atoms with E-state index in [4.69, 9.17) is 20.9 Å². The van der Waals surface area contributed by atoms with Gasteiger partial charge in [-0.25, -0.2) is 0 Å². The minimum atomic E-state index is -1.05. The van der Waals surface area contributed by atoms with Gasteiger partial charge in [0.2, 0.25) is 0 Å². The van der Waals surface area contributed by atoms with E-state index in [0.717, 1.165) is 41.9 Å². The van der Waals surface area contributed by atoms with Gasteiger partial charge in [-0.1, -0.05) is 24.8 Å². The predicted molar refractivity (Wildman–Crippen MR) is 193 cm³/mol. The van der Waals surface area contributed by atoms with E-state index in [0.29, 0.717) is 78.6 Å². The molecule has 4 fully saturated rings. The fourth-order valence-corrected chi connectivity index (χ4v) is 12.6. The van der Waals surface area contributed by atoms with E-state index in [1.54, 1.807) is 12.1 Å². The number of aliphatic hydroxyl groups is 2. The third kappa shape index (κ3) is 4.41. The number of piperidine rings is 2. The first-order valence-corrected chi connectivity index (χ1v) is 18.8. The second-order valence-electron chi connectivity index (χ2n) is 16.8. The summed E-state index contributed by atoms with van der Waals surface area (Å²) in [7, 11) is 2.17. The van der Waals surface area contributed by atoms with E-state index >= 15 is 0 Å². The van der Waals surface area contributed by atoms with Crippen LogP contribution in [0, 0.1) is 0 Å². The van der Waals surface area contributed by atoms with Gasteiger partial charge in [0, 0.05) is 88.7 Å². The van der Waals surface area contributed by atoms with E-state index in [1.807, 2.05) is 24.3 Å². The van der Waals surface area contributed by atoms with Crippen LogP contribution in [0.25, 0.3) is 0 Å². The molecule has 9 atom stereocenters. The number of quaternary nitrogens is 1. The molecule has 2 saturated carbocycles. The van der Waals surface area contributed by atoms with Gasteiger partial charge in [0.05, 0.1) is 47.7 Å². The fourth-order valence-electron chi connectivity index (χ4n) is 12.6. The van der Waals surface area contributed by atoms with Crippen molar-refractivity contribution in [3.05, 3.63) is 83.0 Å². The Bertz CT molecular complexity index is 2070. The topological polar surface area (TPSA) is 182 Å². The zero-order chi connectivity index (χ0) is 37.5. The molecule has 8 aliphatic rings. The maximum Gasteiger partial charge on any atom is 0.252 e. The summed E-state index contributed by atoms with van der Waals surface area (Å²) >= 11 is 0. The number of carbonyl (C=O) groups is 4.